The number of nitriles is 1. The molecule has 0 amide bonds. The molecular formula is C5H12FeN2+. The first-order valence-corrected chi connectivity index (χ1v) is 2.74. The predicted molar refractivity (Wildman–Crippen MR) is 29.6 cm³/mol. The Morgan fingerprint density at radius 2 is 1.25 bits per heavy atom. The average Bonchev–Trinajstić information content (AvgIpc) is 1.27. The molecule has 0 saturated heterocycles. The second-order valence-corrected chi connectivity index (χ2v) is 3.01. The molecule has 0 fully saturated rings. The summed E-state index contributed by atoms with van der Waals surface area (Å²) >= 11 is 2.79. The number of quaternary nitrogens is 1. The van der Waals surface area contributed by atoms with E-state index in [2.05, 4.69) is 44.2 Å². The van der Waals surface area contributed by atoms with Gasteiger partial charge in [0.15, 0.2) is 0 Å². The van der Waals surface area contributed by atoms with E-state index >= 15 is 0 Å². The van der Waals surface area contributed by atoms with E-state index in [9.17, 15) is 0 Å². The number of hydrogen-bond acceptors (Lipinski definition) is 1. The first kappa shape index (κ1) is 10.9. The molecule has 0 radical (unpaired) electrons. The molecule has 0 aliphatic carbocycles. The van der Waals surface area contributed by atoms with E-state index in [4.69, 9.17) is 5.26 Å². The van der Waals surface area contributed by atoms with E-state index in [0.29, 0.717) is 0 Å². The molecule has 0 rings (SSSR count). The van der Waals surface area contributed by atoms with E-state index in [-0.39, 0.29) is 0 Å². The Kier molecular flexibility index (Phi) is 6.94. The average molecular weight is 156 g/mol. The number of hydrogen-bond donors (Lipinski definition) is 0. The molecule has 0 aliphatic heterocycles. The molecule has 0 aromatic carbocycles. The summed E-state index contributed by atoms with van der Waals surface area (Å²) in [5.41, 5.74) is 0. The Hall–Kier alpha value is -0.0305. The molecule has 0 aromatic rings. The van der Waals surface area contributed by atoms with Gasteiger partial charge < -0.3 is 4.48 Å². The van der Waals surface area contributed by atoms with Gasteiger partial charge in [0.1, 0.15) is 0 Å². The van der Waals surface area contributed by atoms with Crippen molar-refractivity contribution in [2.75, 3.05) is 28.2 Å². The normalized spacial score (nSPS) is 8.50. The summed E-state index contributed by atoms with van der Waals surface area (Å²) in [6.45, 7) is 0. The van der Waals surface area contributed by atoms with Gasteiger partial charge in [-0.15, -0.1) is 0 Å². The molecule has 0 atom stereocenters. The molecule has 0 heterocycles. The van der Waals surface area contributed by atoms with Crippen molar-refractivity contribution in [2.24, 2.45) is 0 Å². The topological polar surface area (TPSA) is 23.8 Å². The maximum atomic E-state index is 7.21. The molecular weight excluding hydrogens is 144 g/mol. The van der Waals surface area contributed by atoms with Gasteiger partial charge in [-0.1, -0.05) is 0 Å². The molecule has 0 unspecified atom stereocenters. The maximum absolute atomic E-state index is 7.21. The van der Waals surface area contributed by atoms with Crippen molar-refractivity contribution in [2.45, 2.75) is 0 Å². The molecule has 3 heteroatoms. The van der Waals surface area contributed by atoms with Crippen LogP contribution in [0.25, 0.3) is 0 Å². The van der Waals surface area contributed by atoms with Gasteiger partial charge in [0.25, 0.3) is 0 Å². The van der Waals surface area contributed by atoms with Gasteiger partial charge in [-0.3, -0.25) is 0 Å². The summed E-state index contributed by atoms with van der Waals surface area (Å²) in [6, 6.07) is 0. The molecule has 0 saturated carbocycles. The van der Waals surface area contributed by atoms with Gasteiger partial charge in [-0.2, -0.15) is 0 Å². The van der Waals surface area contributed by atoms with E-state index in [1.165, 1.54) is 4.97 Å². The van der Waals surface area contributed by atoms with Crippen LogP contribution in [0.15, 0.2) is 0 Å². The zero-order valence-electron chi connectivity index (χ0n) is 5.75. The van der Waals surface area contributed by atoms with Gasteiger partial charge in [0, 0.05) is 0 Å². The minimum absolute atomic E-state index is 1.00. The summed E-state index contributed by atoms with van der Waals surface area (Å²) in [7, 11) is 8.50. The van der Waals surface area contributed by atoms with Gasteiger partial charge in [0.2, 0.25) is 0 Å². The minimum atomic E-state index is 1.00. The van der Waals surface area contributed by atoms with Crippen LogP contribution in [-0.4, -0.2) is 32.7 Å². The summed E-state index contributed by atoms with van der Waals surface area (Å²) < 4.78 is 1.00. The fraction of sp³-hybridized carbons (Fsp3) is 0.800. The number of nitrogens with zero attached hydrogens (tertiary/aromatic N) is 2. The van der Waals surface area contributed by atoms with Crippen LogP contribution in [0.2, 0.25) is 0 Å². The molecule has 8 heavy (non-hydrogen) atoms. The fourth-order valence-corrected chi connectivity index (χ4v) is 0. The third kappa shape index (κ3) is 158000. The molecule has 0 spiro atoms. The van der Waals surface area contributed by atoms with Crippen molar-refractivity contribution < 1.29 is 20.5 Å². The zero-order valence-corrected chi connectivity index (χ0v) is 6.85. The predicted octanol–water partition coefficient (Wildman–Crippen LogP) is 0.337. The van der Waals surface area contributed by atoms with Gasteiger partial charge in [0.05, 0.1) is 28.2 Å². The second kappa shape index (κ2) is 5.11. The Labute approximate surface area is 59.5 Å². The second-order valence-electron chi connectivity index (χ2n) is 2.76. The molecule has 0 bridgehead atoms. The van der Waals surface area contributed by atoms with Crippen molar-refractivity contribution in [3.8, 4) is 4.97 Å². The van der Waals surface area contributed by atoms with Crippen LogP contribution < -0.4 is 0 Å². The Bertz CT molecular complexity index is 71.4. The van der Waals surface area contributed by atoms with Crippen LogP contribution in [-0.2, 0) is 16.0 Å². The third-order valence-corrected chi connectivity index (χ3v) is 0. The SMILES string of the molecule is C[N+](C)(C)C.N#[C][Fe]. The van der Waals surface area contributed by atoms with Crippen molar-refractivity contribution in [3.05, 3.63) is 0 Å². The summed E-state index contributed by atoms with van der Waals surface area (Å²) in [4.78, 5) is 1.50. The van der Waals surface area contributed by atoms with Gasteiger partial charge in [-0.25, -0.2) is 0 Å². The van der Waals surface area contributed by atoms with Crippen LogP contribution in [0.3, 0.4) is 0 Å². The van der Waals surface area contributed by atoms with Crippen LogP contribution in [0, 0.1) is 10.2 Å². The van der Waals surface area contributed by atoms with Crippen molar-refractivity contribution in [1.29, 1.82) is 5.26 Å². The monoisotopic (exact) mass is 156 g/mol. The summed E-state index contributed by atoms with van der Waals surface area (Å²) in [5, 5.41) is 7.21. The first-order valence-electron chi connectivity index (χ1n) is 2.19. The molecule has 49 valence electrons. The van der Waals surface area contributed by atoms with Crippen molar-refractivity contribution in [3.63, 3.8) is 0 Å². The summed E-state index contributed by atoms with van der Waals surface area (Å²) in [6.07, 6.45) is 0. The van der Waals surface area contributed by atoms with E-state index < -0.39 is 0 Å². The van der Waals surface area contributed by atoms with Crippen LogP contribution in [0.5, 0.6) is 0 Å². The van der Waals surface area contributed by atoms with Gasteiger partial charge >= 0.3 is 26.2 Å². The van der Waals surface area contributed by atoms with E-state index in [0.717, 1.165) is 4.48 Å². The molecule has 0 aliphatic rings. The quantitative estimate of drug-likeness (QED) is 0.366. The van der Waals surface area contributed by atoms with Crippen LogP contribution in [0.1, 0.15) is 0 Å². The Morgan fingerprint density at radius 1 is 1.25 bits per heavy atom. The molecule has 0 N–H and O–H groups in total. The van der Waals surface area contributed by atoms with E-state index in [1.807, 2.05) is 0 Å². The van der Waals surface area contributed by atoms with Crippen LogP contribution >= 0.6 is 0 Å². The number of rotatable bonds is 0. The molecule has 0 aromatic heterocycles. The van der Waals surface area contributed by atoms with Gasteiger partial charge in [-0.05, 0) is 0 Å². The third-order valence-electron chi connectivity index (χ3n) is 0. The Morgan fingerprint density at radius 3 is 1.25 bits per heavy atom. The zero-order chi connectivity index (χ0) is 7.21. The van der Waals surface area contributed by atoms with Crippen molar-refractivity contribution in [1.82, 2.24) is 0 Å². The Balaban J connectivity index is 0. The molecule has 2 nitrogen and oxygen atoms in total. The first-order chi connectivity index (χ1) is 3.41. The van der Waals surface area contributed by atoms with Crippen molar-refractivity contribution >= 4 is 0 Å². The van der Waals surface area contributed by atoms with Crippen LogP contribution in [0.4, 0.5) is 0 Å². The van der Waals surface area contributed by atoms with E-state index in [1.54, 1.807) is 0 Å². The fourth-order valence-electron chi connectivity index (χ4n) is 0. The summed E-state index contributed by atoms with van der Waals surface area (Å²) in [5.74, 6) is 0. The standard InChI is InChI=1S/C4H12N.CN.Fe/c1-5(2,3)4;1-2;/h1-4H3;;/q+1;;.